The SMILES string of the molecule is CCCCCN(C)C(=O)N(CC)C1COCC1C(=O)O. The number of unbranched alkanes of at least 4 members (excludes halogenated alkanes) is 2. The van der Waals surface area contributed by atoms with E-state index < -0.39 is 11.9 Å². The summed E-state index contributed by atoms with van der Waals surface area (Å²) in [7, 11) is 1.77. The van der Waals surface area contributed by atoms with Gasteiger partial charge in [-0.1, -0.05) is 19.8 Å². The maximum atomic E-state index is 12.4. The number of urea groups is 1. The van der Waals surface area contributed by atoms with Crippen molar-refractivity contribution in [3.63, 3.8) is 0 Å². The second kappa shape index (κ2) is 8.09. The third-order valence-corrected chi connectivity index (χ3v) is 3.78. The lowest BCUT2D eigenvalue weighted by Gasteiger charge is -2.33. The minimum Gasteiger partial charge on any atom is -0.481 e. The molecular formula is C14H26N2O4. The van der Waals surface area contributed by atoms with Crippen LogP contribution in [-0.2, 0) is 9.53 Å². The van der Waals surface area contributed by atoms with Gasteiger partial charge in [0.2, 0.25) is 0 Å². The molecule has 0 saturated carbocycles. The smallest absolute Gasteiger partial charge is 0.320 e. The van der Waals surface area contributed by atoms with Gasteiger partial charge in [-0.2, -0.15) is 0 Å². The number of aliphatic carboxylic acids is 1. The second-order valence-corrected chi connectivity index (χ2v) is 5.25. The van der Waals surface area contributed by atoms with Crippen molar-refractivity contribution in [2.45, 2.75) is 39.2 Å². The van der Waals surface area contributed by atoms with Crippen LogP contribution in [0.15, 0.2) is 0 Å². The molecule has 20 heavy (non-hydrogen) atoms. The van der Waals surface area contributed by atoms with Crippen molar-refractivity contribution in [2.24, 2.45) is 5.92 Å². The molecule has 6 heteroatoms. The lowest BCUT2D eigenvalue weighted by Crippen LogP contribution is -2.51. The average molecular weight is 286 g/mol. The summed E-state index contributed by atoms with van der Waals surface area (Å²) in [6.45, 7) is 5.68. The molecule has 1 aliphatic rings. The van der Waals surface area contributed by atoms with Crippen LogP contribution in [0.3, 0.4) is 0 Å². The highest BCUT2D eigenvalue weighted by Crippen LogP contribution is 2.21. The summed E-state index contributed by atoms with van der Waals surface area (Å²) in [6, 6.07) is -0.469. The maximum absolute atomic E-state index is 12.4. The van der Waals surface area contributed by atoms with Crippen molar-refractivity contribution in [3.8, 4) is 0 Å². The highest BCUT2D eigenvalue weighted by Gasteiger charge is 2.40. The zero-order chi connectivity index (χ0) is 15.1. The number of rotatable bonds is 7. The summed E-state index contributed by atoms with van der Waals surface area (Å²) in [5, 5.41) is 9.19. The van der Waals surface area contributed by atoms with E-state index in [0.717, 1.165) is 19.3 Å². The molecule has 2 amide bonds. The molecule has 2 atom stereocenters. The number of likely N-dealkylation sites (N-methyl/N-ethyl adjacent to an activating group) is 1. The van der Waals surface area contributed by atoms with Gasteiger partial charge in [-0.15, -0.1) is 0 Å². The summed E-state index contributed by atoms with van der Waals surface area (Å²) in [4.78, 5) is 26.9. The van der Waals surface area contributed by atoms with Gasteiger partial charge in [-0.25, -0.2) is 4.79 Å². The molecule has 1 N–H and O–H groups in total. The summed E-state index contributed by atoms with van der Waals surface area (Å²) < 4.78 is 5.25. The van der Waals surface area contributed by atoms with Gasteiger partial charge in [0, 0.05) is 20.1 Å². The first-order chi connectivity index (χ1) is 9.52. The van der Waals surface area contributed by atoms with Crippen LogP contribution in [0.5, 0.6) is 0 Å². The summed E-state index contributed by atoms with van der Waals surface area (Å²) in [5.74, 6) is -1.52. The molecule has 0 aromatic heterocycles. The Morgan fingerprint density at radius 1 is 1.25 bits per heavy atom. The number of carboxylic acids is 1. The van der Waals surface area contributed by atoms with Gasteiger partial charge in [-0.3, -0.25) is 4.79 Å². The zero-order valence-electron chi connectivity index (χ0n) is 12.7. The van der Waals surface area contributed by atoms with E-state index in [-0.39, 0.29) is 18.7 Å². The van der Waals surface area contributed by atoms with Gasteiger partial charge >= 0.3 is 12.0 Å². The fourth-order valence-corrected chi connectivity index (χ4v) is 2.51. The highest BCUT2D eigenvalue weighted by atomic mass is 16.5. The van der Waals surface area contributed by atoms with E-state index in [4.69, 9.17) is 4.74 Å². The summed E-state index contributed by atoms with van der Waals surface area (Å²) in [6.07, 6.45) is 3.17. The minimum atomic E-state index is -0.896. The van der Waals surface area contributed by atoms with Crippen LogP contribution in [0.4, 0.5) is 4.79 Å². The first kappa shape index (κ1) is 16.8. The van der Waals surface area contributed by atoms with Crippen LogP contribution >= 0.6 is 0 Å². The van der Waals surface area contributed by atoms with Crippen molar-refractivity contribution in [1.82, 2.24) is 9.80 Å². The van der Waals surface area contributed by atoms with E-state index >= 15 is 0 Å². The fraction of sp³-hybridized carbons (Fsp3) is 0.857. The van der Waals surface area contributed by atoms with Crippen molar-refractivity contribution >= 4 is 12.0 Å². The third kappa shape index (κ3) is 4.10. The van der Waals surface area contributed by atoms with Crippen LogP contribution in [-0.4, -0.2) is 66.3 Å². The van der Waals surface area contributed by atoms with Gasteiger partial charge in [0.05, 0.1) is 19.3 Å². The predicted molar refractivity (Wildman–Crippen MR) is 75.7 cm³/mol. The molecule has 0 radical (unpaired) electrons. The molecule has 116 valence electrons. The Morgan fingerprint density at radius 2 is 1.95 bits per heavy atom. The molecule has 6 nitrogen and oxygen atoms in total. The molecule has 0 aromatic carbocycles. The van der Waals surface area contributed by atoms with Gasteiger partial charge < -0.3 is 19.6 Å². The Kier molecular flexibility index (Phi) is 6.78. The Balaban J connectivity index is 2.64. The minimum absolute atomic E-state index is 0.106. The van der Waals surface area contributed by atoms with Crippen molar-refractivity contribution in [2.75, 3.05) is 33.4 Å². The average Bonchev–Trinajstić information content (AvgIpc) is 2.89. The molecule has 1 heterocycles. The fourth-order valence-electron chi connectivity index (χ4n) is 2.51. The molecule has 0 spiro atoms. The quantitative estimate of drug-likeness (QED) is 0.722. The van der Waals surface area contributed by atoms with E-state index in [1.807, 2.05) is 6.92 Å². The largest absolute Gasteiger partial charge is 0.481 e. The lowest BCUT2D eigenvalue weighted by molar-refractivity contribution is -0.142. The molecule has 0 bridgehead atoms. The van der Waals surface area contributed by atoms with Crippen LogP contribution in [0.2, 0.25) is 0 Å². The van der Waals surface area contributed by atoms with Crippen LogP contribution in [0.25, 0.3) is 0 Å². The van der Waals surface area contributed by atoms with E-state index in [2.05, 4.69) is 6.92 Å². The van der Waals surface area contributed by atoms with Crippen molar-refractivity contribution in [1.29, 1.82) is 0 Å². The Labute approximate surface area is 120 Å². The van der Waals surface area contributed by atoms with Gasteiger partial charge in [0.15, 0.2) is 0 Å². The number of ether oxygens (including phenoxy) is 1. The number of hydrogen-bond donors (Lipinski definition) is 1. The van der Waals surface area contributed by atoms with Gasteiger partial charge in [-0.05, 0) is 13.3 Å². The monoisotopic (exact) mass is 286 g/mol. The molecule has 1 aliphatic heterocycles. The maximum Gasteiger partial charge on any atom is 0.320 e. The van der Waals surface area contributed by atoms with Gasteiger partial charge in [0.25, 0.3) is 0 Å². The molecule has 1 fully saturated rings. The molecular weight excluding hydrogens is 260 g/mol. The van der Waals surface area contributed by atoms with Crippen LogP contribution in [0, 0.1) is 5.92 Å². The standard InChI is InChI=1S/C14H26N2O4/c1-4-6-7-8-15(3)14(19)16(5-2)12-10-20-9-11(12)13(17)18/h11-12H,4-10H2,1-3H3,(H,17,18). The first-order valence-corrected chi connectivity index (χ1v) is 7.35. The number of nitrogens with zero attached hydrogens (tertiary/aromatic N) is 2. The normalized spacial score (nSPS) is 21.8. The number of carboxylic acid groups (broad SMARTS) is 1. The topological polar surface area (TPSA) is 70.1 Å². The highest BCUT2D eigenvalue weighted by molar-refractivity contribution is 5.77. The van der Waals surface area contributed by atoms with Crippen LogP contribution in [0.1, 0.15) is 33.1 Å². The van der Waals surface area contributed by atoms with E-state index in [1.165, 1.54) is 0 Å². The first-order valence-electron chi connectivity index (χ1n) is 7.35. The van der Waals surface area contributed by atoms with E-state index in [9.17, 15) is 14.7 Å². The summed E-state index contributed by atoms with van der Waals surface area (Å²) >= 11 is 0. The number of carbonyl (C=O) groups excluding carboxylic acids is 1. The van der Waals surface area contributed by atoms with E-state index in [1.54, 1.807) is 16.8 Å². The van der Waals surface area contributed by atoms with E-state index in [0.29, 0.717) is 19.7 Å². The van der Waals surface area contributed by atoms with Crippen LogP contribution < -0.4 is 0 Å². The predicted octanol–water partition coefficient (Wildman–Crippen LogP) is 1.65. The Bertz CT molecular complexity index is 335. The molecule has 1 rings (SSSR count). The molecule has 0 aliphatic carbocycles. The van der Waals surface area contributed by atoms with Crippen molar-refractivity contribution in [3.05, 3.63) is 0 Å². The zero-order valence-corrected chi connectivity index (χ0v) is 12.7. The number of carbonyl (C=O) groups is 2. The molecule has 2 unspecified atom stereocenters. The third-order valence-electron chi connectivity index (χ3n) is 3.78. The van der Waals surface area contributed by atoms with Gasteiger partial charge in [0.1, 0.15) is 5.92 Å². The second-order valence-electron chi connectivity index (χ2n) is 5.25. The molecule has 1 saturated heterocycles. The Morgan fingerprint density at radius 3 is 2.50 bits per heavy atom. The Hall–Kier alpha value is -1.30. The summed E-state index contributed by atoms with van der Waals surface area (Å²) in [5.41, 5.74) is 0. The molecule has 0 aromatic rings. The lowest BCUT2D eigenvalue weighted by atomic mass is 10.0. The number of hydrogen-bond acceptors (Lipinski definition) is 3. The van der Waals surface area contributed by atoms with Crippen molar-refractivity contribution < 1.29 is 19.4 Å². The number of amides is 2.